The van der Waals surface area contributed by atoms with Crippen molar-refractivity contribution < 1.29 is 4.79 Å². The fourth-order valence-electron chi connectivity index (χ4n) is 2.71. The number of hydrogen-bond acceptors (Lipinski definition) is 2. The molecule has 2 aromatic carbocycles. The minimum Gasteiger partial charge on any atom is -0.399 e. The predicted octanol–water partition coefficient (Wildman–Crippen LogP) is 3.99. The van der Waals surface area contributed by atoms with E-state index in [1.165, 1.54) is 5.56 Å². The zero-order valence-corrected chi connectivity index (χ0v) is 12.7. The fourth-order valence-corrected chi connectivity index (χ4v) is 3.24. The van der Waals surface area contributed by atoms with Gasteiger partial charge in [-0.3, -0.25) is 4.79 Å². The van der Waals surface area contributed by atoms with E-state index in [4.69, 9.17) is 28.9 Å². The molecule has 3 N–H and O–H groups in total. The van der Waals surface area contributed by atoms with Gasteiger partial charge >= 0.3 is 0 Å². The summed E-state index contributed by atoms with van der Waals surface area (Å²) in [6.45, 7) is 0. The normalized spacial score (nSPS) is 16.6. The molecule has 21 heavy (non-hydrogen) atoms. The van der Waals surface area contributed by atoms with Crippen LogP contribution < -0.4 is 11.1 Å². The number of rotatable bonds is 2. The minimum absolute atomic E-state index is 0.00542. The van der Waals surface area contributed by atoms with Gasteiger partial charge in [-0.05, 0) is 54.3 Å². The molecule has 5 heteroatoms. The maximum Gasteiger partial charge on any atom is 0.251 e. The molecule has 108 valence electrons. The largest absolute Gasteiger partial charge is 0.399 e. The molecule has 2 aromatic rings. The molecule has 1 aliphatic carbocycles. The molecule has 3 nitrogen and oxygen atoms in total. The van der Waals surface area contributed by atoms with Gasteiger partial charge in [0.2, 0.25) is 0 Å². The number of anilines is 1. The maximum absolute atomic E-state index is 12.3. The first-order chi connectivity index (χ1) is 10.0. The van der Waals surface area contributed by atoms with Crippen LogP contribution in [0, 0.1) is 0 Å². The lowest BCUT2D eigenvalue weighted by atomic mass is 10.1. The number of carbonyl (C=O) groups excluding carboxylic acids is 1. The van der Waals surface area contributed by atoms with Gasteiger partial charge in [-0.2, -0.15) is 0 Å². The topological polar surface area (TPSA) is 55.1 Å². The van der Waals surface area contributed by atoms with E-state index in [1.54, 1.807) is 18.2 Å². The monoisotopic (exact) mass is 320 g/mol. The van der Waals surface area contributed by atoms with Crippen molar-refractivity contribution in [1.82, 2.24) is 5.32 Å². The van der Waals surface area contributed by atoms with Gasteiger partial charge in [0.05, 0.1) is 6.04 Å². The Hall–Kier alpha value is -1.71. The van der Waals surface area contributed by atoms with Gasteiger partial charge in [0, 0.05) is 21.3 Å². The summed E-state index contributed by atoms with van der Waals surface area (Å²) in [5, 5.41) is 3.93. The number of amides is 1. The summed E-state index contributed by atoms with van der Waals surface area (Å²) in [6.07, 6.45) is 1.79. The van der Waals surface area contributed by atoms with Crippen LogP contribution in [-0.4, -0.2) is 5.91 Å². The van der Waals surface area contributed by atoms with E-state index in [1.807, 2.05) is 18.2 Å². The molecule has 3 rings (SSSR count). The summed E-state index contributed by atoms with van der Waals surface area (Å²) in [6, 6.07) is 10.6. The zero-order valence-electron chi connectivity index (χ0n) is 11.2. The van der Waals surface area contributed by atoms with Crippen LogP contribution in [0.3, 0.4) is 0 Å². The maximum atomic E-state index is 12.3. The summed E-state index contributed by atoms with van der Waals surface area (Å²) in [7, 11) is 0. The first-order valence-electron chi connectivity index (χ1n) is 6.68. The highest BCUT2D eigenvalue weighted by atomic mass is 35.5. The van der Waals surface area contributed by atoms with Gasteiger partial charge in [-0.15, -0.1) is 0 Å². The Bertz CT molecular complexity index is 695. The number of carbonyl (C=O) groups is 1. The number of nitrogen functional groups attached to an aromatic ring is 1. The summed E-state index contributed by atoms with van der Waals surface area (Å²) in [4.78, 5) is 12.3. The Morgan fingerprint density at radius 1 is 1.14 bits per heavy atom. The number of halogens is 2. The first-order valence-corrected chi connectivity index (χ1v) is 7.44. The number of hydrogen-bond donors (Lipinski definition) is 2. The zero-order chi connectivity index (χ0) is 15.0. The van der Waals surface area contributed by atoms with Crippen LogP contribution in [-0.2, 0) is 6.42 Å². The molecule has 0 heterocycles. The van der Waals surface area contributed by atoms with Crippen LogP contribution >= 0.6 is 23.2 Å². The average molecular weight is 321 g/mol. The van der Waals surface area contributed by atoms with Crippen molar-refractivity contribution in [2.45, 2.75) is 18.9 Å². The van der Waals surface area contributed by atoms with Crippen molar-refractivity contribution in [2.75, 3.05) is 5.73 Å². The van der Waals surface area contributed by atoms with E-state index in [2.05, 4.69) is 5.32 Å². The highest BCUT2D eigenvalue weighted by Crippen LogP contribution is 2.32. The molecule has 1 atom stereocenters. The highest BCUT2D eigenvalue weighted by molar-refractivity contribution is 6.35. The Morgan fingerprint density at radius 3 is 2.57 bits per heavy atom. The second-order valence-corrected chi connectivity index (χ2v) is 6.05. The number of aryl methyl sites for hydroxylation is 1. The lowest BCUT2D eigenvalue weighted by Gasteiger charge is -2.14. The van der Waals surface area contributed by atoms with Crippen molar-refractivity contribution in [3.63, 3.8) is 0 Å². The Balaban J connectivity index is 1.81. The summed E-state index contributed by atoms with van der Waals surface area (Å²) in [5.41, 5.74) is 9.34. The summed E-state index contributed by atoms with van der Waals surface area (Å²) < 4.78 is 0. The molecule has 0 bridgehead atoms. The quantitative estimate of drug-likeness (QED) is 0.822. The van der Waals surface area contributed by atoms with Crippen LogP contribution in [0.15, 0.2) is 36.4 Å². The third-order valence-electron chi connectivity index (χ3n) is 3.67. The third-order valence-corrected chi connectivity index (χ3v) is 4.11. The van der Waals surface area contributed by atoms with E-state index in [0.717, 1.165) is 24.1 Å². The van der Waals surface area contributed by atoms with Crippen molar-refractivity contribution in [1.29, 1.82) is 0 Å². The molecular formula is C16H14Cl2N2O. The van der Waals surface area contributed by atoms with Crippen LogP contribution in [0.25, 0.3) is 0 Å². The lowest BCUT2D eigenvalue weighted by molar-refractivity contribution is 0.0936. The average Bonchev–Trinajstić information content (AvgIpc) is 2.80. The van der Waals surface area contributed by atoms with Gasteiger partial charge in [-0.1, -0.05) is 29.3 Å². The second kappa shape index (κ2) is 5.58. The number of fused-ring (bicyclic) bond motifs is 1. The molecule has 0 radical (unpaired) electrons. The standard InChI is InChI=1S/C16H14Cl2N2O/c17-11-5-10(6-12(18)8-11)16(21)20-15-4-1-9-7-13(19)2-3-14(9)15/h2-3,5-8,15H,1,4,19H2,(H,20,21). The molecule has 0 fully saturated rings. The first kappa shape index (κ1) is 14.2. The molecule has 0 aliphatic heterocycles. The van der Waals surface area contributed by atoms with Gasteiger partial charge in [-0.25, -0.2) is 0 Å². The molecule has 0 spiro atoms. The van der Waals surface area contributed by atoms with E-state index in [0.29, 0.717) is 15.6 Å². The Kier molecular flexibility index (Phi) is 3.79. The smallest absolute Gasteiger partial charge is 0.251 e. The third kappa shape index (κ3) is 2.99. The predicted molar refractivity (Wildman–Crippen MR) is 85.8 cm³/mol. The molecule has 0 saturated carbocycles. The minimum atomic E-state index is -0.172. The van der Waals surface area contributed by atoms with Crippen LogP contribution in [0.1, 0.15) is 33.9 Å². The van der Waals surface area contributed by atoms with Crippen molar-refractivity contribution in [3.05, 3.63) is 63.1 Å². The molecule has 0 saturated heterocycles. The van der Waals surface area contributed by atoms with E-state index in [9.17, 15) is 4.79 Å². The number of benzene rings is 2. The molecule has 1 amide bonds. The van der Waals surface area contributed by atoms with Crippen LogP contribution in [0.5, 0.6) is 0 Å². The summed E-state index contributed by atoms with van der Waals surface area (Å²) in [5.74, 6) is -0.172. The Labute approximate surface area is 133 Å². The summed E-state index contributed by atoms with van der Waals surface area (Å²) >= 11 is 11.9. The van der Waals surface area contributed by atoms with Crippen LogP contribution in [0.2, 0.25) is 10.0 Å². The SMILES string of the molecule is Nc1ccc2c(c1)CCC2NC(=O)c1cc(Cl)cc(Cl)c1. The fraction of sp³-hybridized carbons (Fsp3) is 0.188. The van der Waals surface area contributed by atoms with Gasteiger partial charge in [0.15, 0.2) is 0 Å². The molecular weight excluding hydrogens is 307 g/mol. The van der Waals surface area contributed by atoms with E-state index < -0.39 is 0 Å². The second-order valence-electron chi connectivity index (χ2n) is 5.18. The van der Waals surface area contributed by atoms with E-state index in [-0.39, 0.29) is 11.9 Å². The van der Waals surface area contributed by atoms with Gasteiger partial charge in [0.1, 0.15) is 0 Å². The van der Waals surface area contributed by atoms with Crippen molar-refractivity contribution in [2.24, 2.45) is 0 Å². The van der Waals surface area contributed by atoms with E-state index >= 15 is 0 Å². The molecule has 1 unspecified atom stereocenters. The highest BCUT2D eigenvalue weighted by Gasteiger charge is 2.24. The Morgan fingerprint density at radius 2 is 1.86 bits per heavy atom. The van der Waals surface area contributed by atoms with Gasteiger partial charge < -0.3 is 11.1 Å². The molecule has 0 aromatic heterocycles. The van der Waals surface area contributed by atoms with Gasteiger partial charge in [0.25, 0.3) is 5.91 Å². The van der Waals surface area contributed by atoms with Crippen molar-refractivity contribution >= 4 is 34.8 Å². The lowest BCUT2D eigenvalue weighted by Crippen LogP contribution is -2.27. The molecule has 1 aliphatic rings. The van der Waals surface area contributed by atoms with Crippen LogP contribution in [0.4, 0.5) is 5.69 Å². The van der Waals surface area contributed by atoms with Crippen molar-refractivity contribution in [3.8, 4) is 0 Å². The number of nitrogens with one attached hydrogen (secondary N) is 1. The number of nitrogens with two attached hydrogens (primary N) is 1.